The molecule has 3 aromatic carbocycles. The Hall–Kier alpha value is -4.73. The number of aryl methyl sites for hydroxylation is 6. The van der Waals surface area contributed by atoms with Crippen molar-refractivity contribution >= 4 is 62.6 Å². The average molecular weight is 727 g/mol. The molecule has 3 aromatic heterocycles. The van der Waals surface area contributed by atoms with Gasteiger partial charge in [-0.2, -0.15) is 5.10 Å². The van der Waals surface area contributed by atoms with E-state index in [9.17, 15) is 14.7 Å². The molecule has 0 spiro atoms. The lowest BCUT2D eigenvalue weighted by Gasteiger charge is -2.34. The molecule has 51 heavy (non-hydrogen) atoms. The van der Waals surface area contributed by atoms with Crippen LogP contribution in [0, 0.1) is 27.7 Å². The SMILES string of the molecule is CCn1ccc2c(C(=O)O)cc(N3C[C@@H](C)n4c(c(CCCOc5cc(C)c(Cl)c(C)c5)c5ccc(Cl)c(-c6c(C)nn(C)c6C)c54)C3=O)cc21. The summed E-state index contributed by atoms with van der Waals surface area (Å²) in [6, 6.07) is 13.0. The number of aromatic nitrogens is 4. The highest BCUT2D eigenvalue weighted by Crippen LogP contribution is 2.45. The first-order valence-electron chi connectivity index (χ1n) is 17.3. The third kappa shape index (κ3) is 5.67. The summed E-state index contributed by atoms with van der Waals surface area (Å²) >= 11 is 13.5. The number of benzene rings is 3. The van der Waals surface area contributed by atoms with Gasteiger partial charge in [0.25, 0.3) is 5.91 Å². The number of carbonyl (C=O) groups excluding carboxylic acids is 1. The van der Waals surface area contributed by atoms with Gasteiger partial charge in [0, 0.05) is 70.7 Å². The van der Waals surface area contributed by atoms with E-state index in [1.165, 1.54) is 0 Å². The van der Waals surface area contributed by atoms with Crippen LogP contribution in [0.3, 0.4) is 0 Å². The van der Waals surface area contributed by atoms with E-state index in [0.29, 0.717) is 54.3 Å². The van der Waals surface area contributed by atoms with Gasteiger partial charge in [0.05, 0.1) is 33.9 Å². The molecular formula is C40H41Cl2N5O4. The van der Waals surface area contributed by atoms with Crippen molar-refractivity contribution in [2.45, 2.75) is 67.0 Å². The highest BCUT2D eigenvalue weighted by molar-refractivity contribution is 6.35. The van der Waals surface area contributed by atoms with E-state index in [4.69, 9.17) is 33.0 Å². The zero-order valence-corrected chi connectivity index (χ0v) is 31.4. The lowest BCUT2D eigenvalue weighted by atomic mass is 9.98. The molecule has 6 aromatic rings. The average Bonchev–Trinajstić information content (AvgIpc) is 3.74. The zero-order valence-electron chi connectivity index (χ0n) is 29.9. The summed E-state index contributed by atoms with van der Waals surface area (Å²) in [7, 11) is 1.92. The molecule has 0 bridgehead atoms. The molecule has 0 unspecified atom stereocenters. The van der Waals surface area contributed by atoms with Crippen molar-refractivity contribution < 1.29 is 19.4 Å². The van der Waals surface area contributed by atoms with Crippen LogP contribution in [0.1, 0.15) is 75.2 Å². The molecule has 1 N–H and O–H groups in total. The van der Waals surface area contributed by atoms with Crippen molar-refractivity contribution in [3.05, 3.63) is 98.0 Å². The summed E-state index contributed by atoms with van der Waals surface area (Å²) in [6.45, 7) is 13.5. The van der Waals surface area contributed by atoms with Crippen molar-refractivity contribution in [1.82, 2.24) is 18.9 Å². The summed E-state index contributed by atoms with van der Waals surface area (Å²) < 4.78 is 12.2. The Balaban J connectivity index is 1.38. The number of carboxylic acid groups (broad SMARTS) is 1. The van der Waals surface area contributed by atoms with E-state index in [2.05, 4.69) is 11.5 Å². The first-order valence-corrected chi connectivity index (χ1v) is 18.0. The molecule has 1 atom stereocenters. The smallest absolute Gasteiger partial charge is 0.336 e. The molecule has 0 aliphatic carbocycles. The summed E-state index contributed by atoms with van der Waals surface area (Å²) in [5.74, 6) is -0.459. The Kier molecular flexibility index (Phi) is 8.92. The highest BCUT2D eigenvalue weighted by atomic mass is 35.5. The van der Waals surface area contributed by atoms with Gasteiger partial charge in [-0.25, -0.2) is 4.79 Å². The van der Waals surface area contributed by atoms with Gasteiger partial charge in [0.1, 0.15) is 11.4 Å². The number of hydrogen-bond acceptors (Lipinski definition) is 4. The Bertz CT molecular complexity index is 2380. The summed E-state index contributed by atoms with van der Waals surface area (Å²) in [5.41, 5.74) is 9.45. The van der Waals surface area contributed by atoms with Crippen molar-refractivity contribution in [3.8, 4) is 16.9 Å². The first-order chi connectivity index (χ1) is 24.3. The van der Waals surface area contributed by atoms with Crippen LogP contribution >= 0.6 is 23.2 Å². The maximum atomic E-state index is 15.0. The molecule has 0 radical (unpaired) electrons. The van der Waals surface area contributed by atoms with Crippen LogP contribution in [0.25, 0.3) is 32.9 Å². The summed E-state index contributed by atoms with van der Waals surface area (Å²) in [5, 5.41) is 17.8. The van der Waals surface area contributed by atoms with Gasteiger partial charge in [-0.05, 0) is 107 Å². The molecule has 264 valence electrons. The first kappa shape index (κ1) is 34.7. The number of hydrogen-bond donors (Lipinski definition) is 1. The fourth-order valence-corrected chi connectivity index (χ4v) is 8.20. The van der Waals surface area contributed by atoms with Crippen molar-refractivity contribution in [2.75, 3.05) is 18.1 Å². The molecule has 9 nitrogen and oxygen atoms in total. The third-order valence-electron chi connectivity index (χ3n) is 10.3. The van der Waals surface area contributed by atoms with Gasteiger partial charge in [-0.15, -0.1) is 0 Å². The molecule has 0 saturated heterocycles. The Morgan fingerprint density at radius 2 is 1.75 bits per heavy atom. The van der Waals surface area contributed by atoms with Gasteiger partial charge in [0.15, 0.2) is 0 Å². The Labute approximate surface area is 306 Å². The normalized spacial score (nSPS) is 14.6. The monoisotopic (exact) mass is 725 g/mol. The lowest BCUT2D eigenvalue weighted by molar-refractivity contribution is 0.0698. The number of halogens is 2. The minimum Gasteiger partial charge on any atom is -0.494 e. The predicted octanol–water partition coefficient (Wildman–Crippen LogP) is 9.49. The number of rotatable bonds is 9. The topological polar surface area (TPSA) is 94.5 Å². The van der Waals surface area contributed by atoms with E-state index in [0.717, 1.165) is 66.4 Å². The van der Waals surface area contributed by atoms with Crippen molar-refractivity contribution in [2.24, 2.45) is 7.05 Å². The Morgan fingerprint density at radius 1 is 1.02 bits per heavy atom. The summed E-state index contributed by atoms with van der Waals surface area (Å²) in [4.78, 5) is 29.2. The van der Waals surface area contributed by atoms with E-state index in [1.807, 2.05) is 93.5 Å². The van der Waals surface area contributed by atoms with Crippen LogP contribution in [0.2, 0.25) is 10.0 Å². The Morgan fingerprint density at radius 3 is 2.39 bits per heavy atom. The van der Waals surface area contributed by atoms with Gasteiger partial charge in [-0.1, -0.05) is 29.3 Å². The van der Waals surface area contributed by atoms with Crippen LogP contribution in [-0.2, 0) is 20.0 Å². The van der Waals surface area contributed by atoms with Crippen LogP contribution in [0.4, 0.5) is 5.69 Å². The zero-order chi connectivity index (χ0) is 36.5. The standard InChI is InChI=1S/C40H41Cl2N5O4/c1-8-45-14-13-28-31(40(49)50)18-26(19-33(28)45)46-20-23(4)47-37-30(11-12-32(41)35(37)34-24(5)43-44(7)25(34)6)29(38(47)39(46)48)10-9-15-51-27-16-21(2)36(42)22(3)17-27/h11-14,16-19,23H,8-10,15,20H2,1-7H3,(H,49,50)/t23-/m1/s1. The van der Waals surface area contributed by atoms with Gasteiger partial charge < -0.3 is 23.9 Å². The molecule has 7 rings (SSSR count). The molecule has 4 heterocycles. The number of carboxylic acids is 1. The van der Waals surface area contributed by atoms with E-state index in [-0.39, 0.29) is 17.5 Å². The number of fused-ring (bicyclic) bond motifs is 4. The minimum absolute atomic E-state index is 0.165. The second-order valence-corrected chi connectivity index (χ2v) is 14.4. The number of nitrogens with zero attached hydrogens (tertiary/aromatic N) is 5. The van der Waals surface area contributed by atoms with Crippen LogP contribution in [-0.4, -0.2) is 49.0 Å². The van der Waals surface area contributed by atoms with Crippen LogP contribution < -0.4 is 9.64 Å². The van der Waals surface area contributed by atoms with Crippen molar-refractivity contribution in [3.63, 3.8) is 0 Å². The number of ether oxygens (including phenoxy) is 1. The fourth-order valence-electron chi connectivity index (χ4n) is 7.84. The molecule has 0 fully saturated rings. The lowest BCUT2D eigenvalue weighted by Crippen LogP contribution is -2.42. The molecule has 1 amide bonds. The van der Waals surface area contributed by atoms with E-state index >= 15 is 0 Å². The van der Waals surface area contributed by atoms with Crippen LogP contribution in [0.5, 0.6) is 5.75 Å². The van der Waals surface area contributed by atoms with E-state index in [1.54, 1.807) is 11.0 Å². The number of carbonyl (C=O) groups is 2. The number of aromatic carboxylic acids is 1. The van der Waals surface area contributed by atoms with Gasteiger partial charge in [-0.3, -0.25) is 9.48 Å². The summed E-state index contributed by atoms with van der Waals surface area (Å²) in [6.07, 6.45) is 3.11. The molecule has 1 aliphatic rings. The van der Waals surface area contributed by atoms with Crippen molar-refractivity contribution in [1.29, 1.82) is 0 Å². The van der Waals surface area contributed by atoms with E-state index < -0.39 is 5.97 Å². The van der Waals surface area contributed by atoms with Gasteiger partial charge >= 0.3 is 5.97 Å². The van der Waals surface area contributed by atoms with Crippen LogP contribution in [0.15, 0.2) is 48.7 Å². The number of anilines is 1. The molecular weight excluding hydrogens is 685 g/mol. The maximum absolute atomic E-state index is 15.0. The highest BCUT2D eigenvalue weighted by Gasteiger charge is 2.37. The largest absolute Gasteiger partial charge is 0.494 e. The van der Waals surface area contributed by atoms with Gasteiger partial charge in [0.2, 0.25) is 0 Å². The molecule has 0 saturated carbocycles. The molecule has 11 heteroatoms. The number of amides is 1. The molecule has 1 aliphatic heterocycles. The second-order valence-electron chi connectivity index (χ2n) is 13.6. The maximum Gasteiger partial charge on any atom is 0.336 e. The predicted molar refractivity (Wildman–Crippen MR) is 204 cm³/mol. The quantitative estimate of drug-likeness (QED) is 0.150. The minimum atomic E-state index is -1.03. The third-order valence-corrected chi connectivity index (χ3v) is 11.2. The second kappa shape index (κ2) is 13.1. The fraction of sp³-hybridized carbons (Fsp3) is 0.325.